The first-order valence-electron chi connectivity index (χ1n) is 11.2. The van der Waals surface area contributed by atoms with Crippen LogP contribution in [0.3, 0.4) is 0 Å². The van der Waals surface area contributed by atoms with E-state index in [1.807, 2.05) is 24.3 Å². The Morgan fingerprint density at radius 3 is 2.66 bits per heavy atom. The van der Waals surface area contributed by atoms with Crippen LogP contribution in [0.15, 0.2) is 47.6 Å². The molecule has 11 heteroatoms. The highest BCUT2D eigenvalue weighted by Gasteiger charge is 2.35. The second kappa shape index (κ2) is 11.3. The third-order valence-corrected chi connectivity index (χ3v) is 6.53. The topological polar surface area (TPSA) is 104 Å². The number of rotatable bonds is 9. The molecular formula is C24H26Cl2N4O5. The fourth-order valence-electron chi connectivity index (χ4n) is 4.26. The lowest BCUT2D eigenvalue weighted by Gasteiger charge is -2.25. The third-order valence-electron chi connectivity index (χ3n) is 5.99. The normalized spacial score (nSPS) is 20.1. The van der Waals surface area contributed by atoms with Crippen molar-refractivity contribution in [2.24, 2.45) is 5.10 Å². The molecule has 0 radical (unpaired) electrons. The zero-order valence-electron chi connectivity index (χ0n) is 19.1. The number of hydrogen-bond donors (Lipinski definition) is 2. The summed E-state index contributed by atoms with van der Waals surface area (Å²) in [4.78, 5) is 23.9. The van der Waals surface area contributed by atoms with Crippen molar-refractivity contribution in [2.45, 2.75) is 31.3 Å². The van der Waals surface area contributed by atoms with Crippen LogP contribution in [0.2, 0.25) is 10.0 Å². The van der Waals surface area contributed by atoms with E-state index >= 15 is 0 Å². The maximum atomic E-state index is 13.2. The molecule has 35 heavy (non-hydrogen) atoms. The Hall–Kier alpha value is -2.85. The predicted octanol–water partition coefficient (Wildman–Crippen LogP) is 3.91. The summed E-state index contributed by atoms with van der Waals surface area (Å²) in [6.07, 6.45) is 2.04. The molecule has 2 aromatic carbocycles. The first-order chi connectivity index (χ1) is 16.9. The lowest BCUT2D eigenvalue weighted by Crippen LogP contribution is -2.49. The van der Waals surface area contributed by atoms with Crippen LogP contribution in [0.1, 0.15) is 30.9 Å². The van der Waals surface area contributed by atoms with Crippen LogP contribution < -0.4 is 15.2 Å². The van der Waals surface area contributed by atoms with Crippen molar-refractivity contribution in [2.75, 3.05) is 31.9 Å². The van der Waals surface area contributed by atoms with Crippen molar-refractivity contribution in [3.05, 3.63) is 58.1 Å². The van der Waals surface area contributed by atoms with Crippen molar-refractivity contribution >= 4 is 46.5 Å². The second-order valence-corrected chi connectivity index (χ2v) is 9.16. The van der Waals surface area contributed by atoms with Gasteiger partial charge in [-0.05, 0) is 48.7 Å². The third kappa shape index (κ3) is 6.05. The van der Waals surface area contributed by atoms with Crippen molar-refractivity contribution in [1.29, 1.82) is 0 Å². The van der Waals surface area contributed by atoms with Gasteiger partial charge in [-0.3, -0.25) is 15.2 Å². The van der Waals surface area contributed by atoms with Crippen LogP contribution in [-0.2, 0) is 14.3 Å². The van der Waals surface area contributed by atoms with Gasteiger partial charge in [0.2, 0.25) is 0 Å². The quantitative estimate of drug-likeness (QED) is 0.516. The highest BCUT2D eigenvalue weighted by Crippen LogP contribution is 2.40. The van der Waals surface area contributed by atoms with Crippen LogP contribution in [0.25, 0.3) is 0 Å². The van der Waals surface area contributed by atoms with E-state index < -0.39 is 5.97 Å². The molecule has 2 unspecified atom stereocenters. The van der Waals surface area contributed by atoms with Gasteiger partial charge in [0, 0.05) is 18.0 Å². The number of carbonyl (C=O) groups is 2. The minimum Gasteiger partial charge on any atom is -0.497 e. The van der Waals surface area contributed by atoms with Crippen molar-refractivity contribution in [3.63, 3.8) is 0 Å². The molecule has 0 saturated carbocycles. The van der Waals surface area contributed by atoms with Crippen LogP contribution in [0.4, 0.5) is 5.69 Å². The first-order valence-corrected chi connectivity index (χ1v) is 11.9. The Bertz CT molecular complexity index is 1110. The largest absolute Gasteiger partial charge is 0.497 e. The molecule has 1 fully saturated rings. The minimum atomic E-state index is -1.02. The van der Waals surface area contributed by atoms with Crippen molar-refractivity contribution in [1.82, 2.24) is 10.4 Å². The molecule has 2 N–H and O–H groups in total. The van der Waals surface area contributed by atoms with Gasteiger partial charge >= 0.3 is 5.97 Å². The highest BCUT2D eigenvalue weighted by atomic mass is 35.5. The molecular weight excluding hydrogens is 495 g/mol. The van der Waals surface area contributed by atoms with E-state index in [9.17, 15) is 9.59 Å². The molecule has 9 nitrogen and oxygen atoms in total. The van der Waals surface area contributed by atoms with E-state index in [-0.39, 0.29) is 31.2 Å². The fraction of sp³-hybridized carbons (Fsp3) is 0.375. The second-order valence-electron chi connectivity index (χ2n) is 8.32. The summed E-state index contributed by atoms with van der Waals surface area (Å²) in [5.74, 6) is -0.613. The van der Waals surface area contributed by atoms with E-state index in [2.05, 4.69) is 10.5 Å². The van der Waals surface area contributed by atoms with E-state index in [0.717, 1.165) is 24.2 Å². The fourth-order valence-corrected chi connectivity index (χ4v) is 4.75. The van der Waals surface area contributed by atoms with Gasteiger partial charge in [-0.1, -0.05) is 35.3 Å². The number of carbonyl (C=O) groups excluding carboxylic acids is 1. The molecule has 1 amide bonds. The number of carboxylic acid groups (broad SMARTS) is 1. The maximum Gasteiger partial charge on any atom is 0.329 e. The number of hydrazone groups is 1. The van der Waals surface area contributed by atoms with Crippen LogP contribution in [0, 0.1) is 0 Å². The number of nitrogens with one attached hydrogen (secondary N) is 1. The average Bonchev–Trinajstić information content (AvgIpc) is 3.46. The number of carboxylic acids is 1. The van der Waals surface area contributed by atoms with Crippen molar-refractivity contribution in [3.8, 4) is 5.75 Å². The van der Waals surface area contributed by atoms with Gasteiger partial charge in [0.05, 0.1) is 36.5 Å². The number of aliphatic carboxylic acids is 1. The summed E-state index contributed by atoms with van der Waals surface area (Å²) in [5.41, 5.74) is 4.87. The summed E-state index contributed by atoms with van der Waals surface area (Å²) >= 11 is 12.6. The number of nitrogens with zero attached hydrogens (tertiary/aromatic N) is 3. The van der Waals surface area contributed by atoms with E-state index in [1.54, 1.807) is 35.3 Å². The molecule has 2 heterocycles. The number of methoxy groups -OCH3 is 1. The molecule has 2 atom stereocenters. The maximum absolute atomic E-state index is 13.2. The molecule has 0 aliphatic carbocycles. The first kappa shape index (κ1) is 25.2. The molecule has 2 aliphatic rings. The predicted molar refractivity (Wildman–Crippen MR) is 133 cm³/mol. The number of amides is 1. The number of hydrazine groups is 1. The molecule has 2 aromatic rings. The Balaban J connectivity index is 1.53. The number of benzene rings is 2. The highest BCUT2D eigenvalue weighted by molar-refractivity contribution is 6.40. The van der Waals surface area contributed by atoms with Crippen molar-refractivity contribution < 1.29 is 24.2 Å². The zero-order chi connectivity index (χ0) is 24.9. The zero-order valence-corrected chi connectivity index (χ0v) is 20.6. The van der Waals surface area contributed by atoms with Crippen LogP contribution >= 0.6 is 23.2 Å². The molecule has 2 aliphatic heterocycles. The van der Waals surface area contributed by atoms with Gasteiger partial charge < -0.3 is 14.6 Å². The minimum absolute atomic E-state index is 0.0977. The Morgan fingerprint density at radius 1 is 1.20 bits per heavy atom. The standard InChI is InChI=1S/C24H26Cl2N4O5/c1-34-18-7-4-15(5-8-18)22-12-20(27-30(22)21-9-6-16(25)11-19(21)26)24(33)28-29-10-2-3-17(29)13-35-14-23(31)32/h4-9,11,17,22H,2-3,10,12-14H2,1H3,(H,28,33)(H,31,32). The molecule has 0 aromatic heterocycles. The number of anilines is 1. The molecule has 0 spiro atoms. The molecule has 0 bridgehead atoms. The summed E-state index contributed by atoms with van der Waals surface area (Å²) in [7, 11) is 1.61. The summed E-state index contributed by atoms with van der Waals surface area (Å²) < 4.78 is 10.5. The van der Waals surface area contributed by atoms with Gasteiger partial charge in [-0.2, -0.15) is 5.10 Å². The molecule has 4 rings (SSSR count). The van der Waals surface area contributed by atoms with Gasteiger partial charge in [-0.15, -0.1) is 0 Å². The number of hydrogen-bond acceptors (Lipinski definition) is 7. The van der Waals surface area contributed by atoms with Gasteiger partial charge in [0.15, 0.2) is 0 Å². The monoisotopic (exact) mass is 520 g/mol. The smallest absolute Gasteiger partial charge is 0.329 e. The summed E-state index contributed by atoms with van der Waals surface area (Å²) in [6.45, 7) is 0.500. The summed E-state index contributed by atoms with van der Waals surface area (Å²) in [5, 5.41) is 17.9. The van der Waals surface area contributed by atoms with E-state index in [1.165, 1.54) is 0 Å². The number of ether oxygens (including phenoxy) is 2. The van der Waals surface area contributed by atoms with Crippen LogP contribution in [-0.4, -0.2) is 60.6 Å². The summed E-state index contributed by atoms with van der Waals surface area (Å²) in [6, 6.07) is 12.4. The van der Waals surface area contributed by atoms with E-state index in [0.29, 0.717) is 34.4 Å². The lowest BCUT2D eigenvalue weighted by molar-refractivity contribution is -0.143. The SMILES string of the molecule is COc1ccc(C2CC(C(=O)NN3CCCC3COCC(=O)O)=NN2c2ccc(Cl)cc2Cl)cc1. The Morgan fingerprint density at radius 2 is 1.97 bits per heavy atom. The van der Waals surface area contributed by atoms with Crippen LogP contribution in [0.5, 0.6) is 5.75 Å². The van der Waals surface area contributed by atoms with E-state index in [4.69, 9.17) is 37.8 Å². The lowest BCUT2D eigenvalue weighted by atomic mass is 10.0. The number of halogens is 2. The van der Waals surface area contributed by atoms with Gasteiger partial charge in [0.25, 0.3) is 5.91 Å². The molecule has 186 valence electrons. The van der Waals surface area contributed by atoms with Gasteiger partial charge in [0.1, 0.15) is 18.1 Å². The average molecular weight is 521 g/mol. The Labute approximate surface area is 213 Å². The molecule has 1 saturated heterocycles. The van der Waals surface area contributed by atoms with Gasteiger partial charge in [-0.25, -0.2) is 9.80 Å². The Kier molecular flexibility index (Phi) is 8.12.